The van der Waals surface area contributed by atoms with E-state index in [-0.39, 0.29) is 30.5 Å². The first kappa shape index (κ1) is 18.8. The van der Waals surface area contributed by atoms with Crippen LogP contribution >= 0.6 is 22.6 Å². The topological polar surface area (TPSA) is 29.5 Å². The molecule has 3 rings (SSSR count). The molecule has 5 heteroatoms. The van der Waals surface area contributed by atoms with Gasteiger partial charge in [0.2, 0.25) is 0 Å². The van der Waals surface area contributed by atoms with E-state index in [1.165, 1.54) is 11.1 Å². The maximum atomic E-state index is 12.8. The molecule has 2 aliphatic heterocycles. The summed E-state index contributed by atoms with van der Waals surface area (Å²) >= 11 is 2.23. The predicted octanol–water partition coefficient (Wildman–Crippen LogP) is 4.39. The second-order valence-electron chi connectivity index (χ2n) is 6.99. The van der Waals surface area contributed by atoms with Gasteiger partial charge < -0.3 is 4.74 Å². The number of esters is 1. The summed E-state index contributed by atoms with van der Waals surface area (Å²) in [4.78, 5) is 15.2. The molecule has 1 aromatic rings. The highest BCUT2D eigenvalue weighted by molar-refractivity contribution is 14.1. The number of hydrogen-bond acceptors (Lipinski definition) is 3. The largest absolute Gasteiger partial charge is 0.463 e. The predicted molar refractivity (Wildman–Crippen MR) is 106 cm³/mol. The van der Waals surface area contributed by atoms with Crippen molar-refractivity contribution < 1.29 is 13.9 Å². The van der Waals surface area contributed by atoms with Crippen molar-refractivity contribution in [3.63, 3.8) is 0 Å². The Morgan fingerprint density at radius 1 is 1.36 bits per heavy atom. The average Bonchev–Trinajstić information content (AvgIpc) is 2.89. The van der Waals surface area contributed by atoms with Crippen LogP contribution in [-0.4, -0.2) is 42.8 Å². The van der Waals surface area contributed by atoms with Crippen molar-refractivity contribution in [3.05, 3.63) is 45.6 Å². The average molecular weight is 457 g/mol. The van der Waals surface area contributed by atoms with Gasteiger partial charge in [0.25, 0.3) is 0 Å². The summed E-state index contributed by atoms with van der Waals surface area (Å²) in [5.74, 6) is -0.294. The van der Waals surface area contributed by atoms with Crippen molar-refractivity contribution in [2.75, 3.05) is 19.8 Å². The number of rotatable bonds is 6. The Bertz CT molecular complexity index is 619. The van der Waals surface area contributed by atoms with Gasteiger partial charge in [-0.1, -0.05) is 58.5 Å². The molecule has 0 radical (unpaired) electrons. The van der Waals surface area contributed by atoms with Crippen LogP contribution in [0.3, 0.4) is 0 Å². The van der Waals surface area contributed by atoms with E-state index in [1.807, 2.05) is 4.08 Å². The van der Waals surface area contributed by atoms with Crippen LogP contribution in [0.1, 0.15) is 36.3 Å². The van der Waals surface area contributed by atoms with Crippen LogP contribution in [-0.2, 0) is 9.53 Å². The van der Waals surface area contributed by atoms with E-state index in [9.17, 15) is 9.18 Å². The van der Waals surface area contributed by atoms with Crippen molar-refractivity contribution in [1.29, 1.82) is 0 Å². The number of nitrogens with zero attached hydrogens (tertiary/aromatic N) is 1. The Morgan fingerprint density at radius 3 is 2.80 bits per heavy atom. The van der Waals surface area contributed by atoms with Crippen LogP contribution in [0.25, 0.3) is 0 Å². The summed E-state index contributed by atoms with van der Waals surface area (Å²) in [6.45, 7) is 2.17. The van der Waals surface area contributed by atoms with E-state index >= 15 is 0 Å². The zero-order valence-corrected chi connectivity index (χ0v) is 16.7. The highest BCUT2D eigenvalue weighted by Gasteiger charge is 2.50. The van der Waals surface area contributed by atoms with E-state index < -0.39 is 6.67 Å². The molecule has 0 spiro atoms. The molecule has 136 valence electrons. The molecular formula is C20H25FINO2. The van der Waals surface area contributed by atoms with E-state index in [0.29, 0.717) is 6.04 Å². The summed E-state index contributed by atoms with van der Waals surface area (Å²) in [7, 11) is 0. The Labute approximate surface area is 162 Å². The van der Waals surface area contributed by atoms with Crippen LogP contribution in [0, 0.1) is 12.8 Å². The second-order valence-corrected chi connectivity index (χ2v) is 7.71. The third-order valence-electron chi connectivity index (χ3n) is 5.57. The van der Waals surface area contributed by atoms with Crippen molar-refractivity contribution in [2.45, 2.75) is 44.2 Å². The van der Waals surface area contributed by atoms with Gasteiger partial charge in [0.15, 0.2) is 0 Å². The fraction of sp³-hybridized carbons (Fsp3) is 0.550. The zero-order valence-electron chi connectivity index (χ0n) is 14.5. The maximum absolute atomic E-state index is 12.8. The Balaban J connectivity index is 1.88. The first-order valence-electron chi connectivity index (χ1n) is 8.95. The van der Waals surface area contributed by atoms with Gasteiger partial charge in [-0.25, -0.2) is 4.39 Å². The lowest BCUT2D eigenvalue weighted by Gasteiger charge is -2.43. The van der Waals surface area contributed by atoms with E-state index in [4.69, 9.17) is 4.74 Å². The minimum absolute atomic E-state index is 0.139. The van der Waals surface area contributed by atoms with Crippen LogP contribution in [0.15, 0.2) is 34.4 Å². The molecule has 25 heavy (non-hydrogen) atoms. The zero-order chi connectivity index (χ0) is 17.8. The lowest BCUT2D eigenvalue weighted by molar-refractivity contribution is -0.154. The highest BCUT2D eigenvalue weighted by Crippen LogP contribution is 2.47. The Kier molecular flexibility index (Phi) is 6.49. The van der Waals surface area contributed by atoms with Crippen molar-refractivity contribution in [1.82, 2.24) is 4.90 Å². The van der Waals surface area contributed by atoms with E-state index in [0.717, 1.165) is 25.8 Å². The number of hydrogen-bond donors (Lipinski definition) is 0. The number of carbonyl (C=O) groups excluding carboxylic acids is 1. The molecule has 0 aliphatic carbocycles. The summed E-state index contributed by atoms with van der Waals surface area (Å²) in [6, 6.07) is 9.17. The minimum Gasteiger partial charge on any atom is -0.463 e. The first-order chi connectivity index (χ1) is 12.2. The molecule has 2 aliphatic rings. The molecule has 3 nitrogen and oxygen atoms in total. The number of carbonyl (C=O) groups is 1. The fourth-order valence-corrected chi connectivity index (χ4v) is 4.70. The third kappa shape index (κ3) is 4.08. The molecule has 4 atom stereocenters. The van der Waals surface area contributed by atoms with Gasteiger partial charge in [-0.15, -0.1) is 0 Å². The smallest absolute Gasteiger partial charge is 0.311 e. The number of aryl methyl sites for hydroxylation is 1. The molecule has 2 saturated heterocycles. The molecule has 0 saturated carbocycles. The summed E-state index contributed by atoms with van der Waals surface area (Å²) < 4.78 is 19.8. The van der Waals surface area contributed by atoms with Gasteiger partial charge in [0, 0.05) is 24.5 Å². The molecule has 0 amide bonds. The van der Waals surface area contributed by atoms with E-state index in [2.05, 4.69) is 64.8 Å². The van der Waals surface area contributed by atoms with Crippen molar-refractivity contribution in [3.8, 4) is 0 Å². The minimum atomic E-state index is -0.623. The molecule has 0 N–H and O–H groups in total. The number of fused-ring (bicyclic) bond motifs is 2. The molecule has 2 bridgehead atoms. The molecule has 2 fully saturated rings. The third-order valence-corrected chi connectivity index (χ3v) is 6.08. The second kappa shape index (κ2) is 8.62. The number of alkyl halides is 1. The van der Waals surface area contributed by atoms with Gasteiger partial charge in [-0.05, 0) is 35.8 Å². The fourth-order valence-electron chi connectivity index (χ4n) is 4.47. The van der Waals surface area contributed by atoms with Gasteiger partial charge in [-0.3, -0.25) is 9.69 Å². The van der Waals surface area contributed by atoms with Crippen LogP contribution in [0.4, 0.5) is 4.39 Å². The quantitative estimate of drug-likeness (QED) is 0.469. The normalized spacial score (nSPS) is 29.2. The lowest BCUT2D eigenvalue weighted by Crippen LogP contribution is -2.51. The SMILES string of the molecule is Cc1ccc([C@@H]2CC3CCC([C@@H]2C(=O)OCCF)N3C/C=C/I)cc1. The van der Waals surface area contributed by atoms with Gasteiger partial charge in [0.05, 0.1) is 5.92 Å². The van der Waals surface area contributed by atoms with Crippen LogP contribution < -0.4 is 0 Å². The monoisotopic (exact) mass is 457 g/mol. The number of piperidine rings is 1. The molecular weight excluding hydrogens is 432 g/mol. The standard InChI is InChI=1S/C20H25FINO2/c1-14-3-5-15(6-4-14)17-13-16-7-8-18(23(16)11-2-10-22)19(17)20(24)25-12-9-21/h2-6,10,16-19H,7-9,11-13H2,1H3/b10-2+/t16?,17-,18?,19+/m0/s1. The molecule has 2 heterocycles. The summed E-state index contributed by atoms with van der Waals surface area (Å²) in [6.07, 6.45) is 5.23. The van der Waals surface area contributed by atoms with Crippen LogP contribution in [0.5, 0.6) is 0 Å². The highest BCUT2D eigenvalue weighted by atomic mass is 127. The maximum Gasteiger partial charge on any atom is 0.311 e. The Hall–Kier alpha value is -0.950. The van der Waals surface area contributed by atoms with Crippen molar-refractivity contribution in [2.24, 2.45) is 5.92 Å². The van der Waals surface area contributed by atoms with Gasteiger partial charge in [-0.2, -0.15) is 0 Å². The van der Waals surface area contributed by atoms with Gasteiger partial charge in [0.1, 0.15) is 13.3 Å². The first-order valence-corrected chi connectivity index (χ1v) is 10.2. The summed E-state index contributed by atoms with van der Waals surface area (Å²) in [5, 5.41) is 0. The molecule has 1 aromatic carbocycles. The number of benzene rings is 1. The Morgan fingerprint density at radius 2 is 2.12 bits per heavy atom. The molecule has 2 unspecified atom stereocenters. The number of halogens is 2. The molecule has 0 aromatic heterocycles. The van der Waals surface area contributed by atoms with Crippen molar-refractivity contribution >= 4 is 28.6 Å². The van der Waals surface area contributed by atoms with E-state index in [1.54, 1.807) is 0 Å². The van der Waals surface area contributed by atoms with Gasteiger partial charge >= 0.3 is 5.97 Å². The summed E-state index contributed by atoms with van der Waals surface area (Å²) in [5.41, 5.74) is 2.42. The number of ether oxygens (including phenoxy) is 1. The lowest BCUT2D eigenvalue weighted by atomic mass is 9.76. The van der Waals surface area contributed by atoms with Crippen LogP contribution in [0.2, 0.25) is 0 Å².